The fourth-order valence-electron chi connectivity index (χ4n) is 2.83. The third-order valence-electron chi connectivity index (χ3n) is 4.68. The Balaban J connectivity index is 1.89. The molecule has 0 aliphatic carbocycles. The van der Waals surface area contributed by atoms with Gasteiger partial charge in [0.05, 0.1) is 19.7 Å². The number of nitrogens with zero attached hydrogens (tertiary/aromatic N) is 2. The van der Waals surface area contributed by atoms with E-state index in [1.54, 1.807) is 14.2 Å². The highest BCUT2D eigenvalue weighted by Crippen LogP contribution is 2.15. The average Bonchev–Trinajstić information content (AvgIpc) is 2.68. The number of ether oxygens (including phenoxy) is 1. The first-order valence-corrected chi connectivity index (χ1v) is 9.25. The van der Waals surface area contributed by atoms with E-state index in [2.05, 4.69) is 5.32 Å². The van der Waals surface area contributed by atoms with Gasteiger partial charge in [-0.3, -0.25) is 14.5 Å². The molecule has 0 aliphatic rings. The summed E-state index contributed by atoms with van der Waals surface area (Å²) in [6, 6.07) is 15.0. The summed E-state index contributed by atoms with van der Waals surface area (Å²) in [7, 11) is 5.17. The van der Waals surface area contributed by atoms with Crippen molar-refractivity contribution in [2.45, 2.75) is 26.4 Å². The van der Waals surface area contributed by atoms with Gasteiger partial charge in [0.15, 0.2) is 0 Å². The first-order chi connectivity index (χ1) is 13.3. The van der Waals surface area contributed by atoms with Gasteiger partial charge in [-0.05, 0) is 50.7 Å². The van der Waals surface area contributed by atoms with E-state index in [-0.39, 0.29) is 24.4 Å². The molecule has 2 amide bonds. The van der Waals surface area contributed by atoms with Crippen molar-refractivity contribution < 1.29 is 14.3 Å². The molecule has 28 heavy (non-hydrogen) atoms. The molecule has 150 valence electrons. The van der Waals surface area contributed by atoms with Crippen LogP contribution >= 0.6 is 0 Å². The minimum Gasteiger partial charge on any atom is -0.497 e. The average molecular weight is 383 g/mol. The monoisotopic (exact) mass is 383 g/mol. The first-order valence-electron chi connectivity index (χ1n) is 9.25. The Morgan fingerprint density at radius 2 is 1.79 bits per heavy atom. The van der Waals surface area contributed by atoms with Crippen LogP contribution in [0.1, 0.15) is 18.1 Å². The van der Waals surface area contributed by atoms with Crippen molar-refractivity contribution in [3.63, 3.8) is 0 Å². The number of nitrogens with one attached hydrogen (secondary N) is 1. The second kappa shape index (κ2) is 9.90. The van der Waals surface area contributed by atoms with Gasteiger partial charge in [-0.1, -0.05) is 29.8 Å². The molecule has 0 aliphatic heterocycles. The zero-order chi connectivity index (χ0) is 20.7. The summed E-state index contributed by atoms with van der Waals surface area (Å²) < 4.78 is 5.24. The first kappa shape index (κ1) is 21.4. The molecule has 6 nitrogen and oxygen atoms in total. The van der Waals surface area contributed by atoms with Crippen LogP contribution in [0.2, 0.25) is 0 Å². The molecule has 0 unspecified atom stereocenters. The van der Waals surface area contributed by atoms with E-state index in [1.807, 2.05) is 74.3 Å². The minimum atomic E-state index is -0.358. The fourth-order valence-corrected chi connectivity index (χ4v) is 2.83. The predicted molar refractivity (Wildman–Crippen MR) is 111 cm³/mol. The van der Waals surface area contributed by atoms with Crippen LogP contribution in [0.15, 0.2) is 48.5 Å². The van der Waals surface area contributed by atoms with Gasteiger partial charge in [-0.15, -0.1) is 0 Å². The van der Waals surface area contributed by atoms with E-state index in [9.17, 15) is 9.59 Å². The van der Waals surface area contributed by atoms with Crippen LogP contribution in [0.3, 0.4) is 0 Å². The Kier molecular flexibility index (Phi) is 7.58. The van der Waals surface area contributed by atoms with Gasteiger partial charge in [0.1, 0.15) is 5.75 Å². The van der Waals surface area contributed by atoms with E-state index in [1.165, 1.54) is 4.90 Å². The zero-order valence-electron chi connectivity index (χ0n) is 17.2. The summed E-state index contributed by atoms with van der Waals surface area (Å²) in [6.45, 7) is 4.44. The molecule has 0 bridgehead atoms. The molecule has 2 aromatic rings. The molecule has 2 rings (SSSR count). The van der Waals surface area contributed by atoms with Gasteiger partial charge in [0.2, 0.25) is 11.8 Å². The van der Waals surface area contributed by atoms with E-state index in [0.717, 1.165) is 22.6 Å². The van der Waals surface area contributed by atoms with Gasteiger partial charge in [-0.2, -0.15) is 0 Å². The van der Waals surface area contributed by atoms with Crippen LogP contribution in [-0.4, -0.2) is 55.4 Å². The quantitative estimate of drug-likeness (QED) is 0.761. The standard InChI is InChI=1S/C22H29N3O3/c1-16-9-11-19(12-10-16)23-21(26)15-25(4)22(27)17(2)24(3)14-18-7-6-8-20(13-18)28-5/h6-13,17H,14-15H2,1-5H3,(H,23,26)/t17-/m0/s1. The Labute approximate surface area is 167 Å². The highest BCUT2D eigenvalue weighted by Gasteiger charge is 2.23. The number of likely N-dealkylation sites (N-methyl/N-ethyl adjacent to an activating group) is 2. The van der Waals surface area contributed by atoms with Crippen LogP contribution in [0, 0.1) is 6.92 Å². The van der Waals surface area contributed by atoms with Crippen molar-refractivity contribution in [3.8, 4) is 5.75 Å². The molecule has 0 saturated heterocycles. The molecule has 6 heteroatoms. The molecular formula is C22H29N3O3. The minimum absolute atomic E-state index is 0.00402. The largest absolute Gasteiger partial charge is 0.497 e. The maximum absolute atomic E-state index is 12.7. The lowest BCUT2D eigenvalue weighted by atomic mass is 10.1. The number of amides is 2. The van der Waals surface area contributed by atoms with E-state index >= 15 is 0 Å². The second-order valence-electron chi connectivity index (χ2n) is 7.05. The van der Waals surface area contributed by atoms with Crippen molar-refractivity contribution in [2.75, 3.05) is 33.1 Å². The number of rotatable bonds is 8. The molecule has 0 fully saturated rings. The molecule has 2 aromatic carbocycles. The molecular weight excluding hydrogens is 354 g/mol. The van der Waals surface area contributed by atoms with Crippen LogP contribution in [0.25, 0.3) is 0 Å². The Morgan fingerprint density at radius 3 is 2.43 bits per heavy atom. The number of benzene rings is 2. The van der Waals surface area contributed by atoms with Crippen molar-refractivity contribution >= 4 is 17.5 Å². The predicted octanol–water partition coefficient (Wildman–Crippen LogP) is 2.92. The number of carbonyl (C=O) groups excluding carboxylic acids is 2. The van der Waals surface area contributed by atoms with Gasteiger partial charge in [-0.25, -0.2) is 0 Å². The number of hydrogen-bond donors (Lipinski definition) is 1. The smallest absolute Gasteiger partial charge is 0.243 e. The zero-order valence-corrected chi connectivity index (χ0v) is 17.2. The lowest BCUT2D eigenvalue weighted by molar-refractivity contribution is -0.137. The molecule has 0 heterocycles. The van der Waals surface area contributed by atoms with Gasteiger partial charge in [0.25, 0.3) is 0 Å². The van der Waals surface area contributed by atoms with Gasteiger partial charge in [0, 0.05) is 19.3 Å². The SMILES string of the molecule is COc1cccc(CN(C)[C@@H](C)C(=O)N(C)CC(=O)Nc2ccc(C)cc2)c1. The third kappa shape index (κ3) is 6.09. The fraction of sp³-hybridized carbons (Fsp3) is 0.364. The molecule has 1 N–H and O–H groups in total. The van der Waals surface area contributed by atoms with Crippen molar-refractivity contribution in [3.05, 3.63) is 59.7 Å². The second-order valence-corrected chi connectivity index (χ2v) is 7.05. The third-order valence-corrected chi connectivity index (χ3v) is 4.68. The van der Waals surface area contributed by atoms with E-state index in [4.69, 9.17) is 4.74 Å². The Bertz CT molecular complexity index is 805. The van der Waals surface area contributed by atoms with Crippen molar-refractivity contribution in [1.29, 1.82) is 0 Å². The van der Waals surface area contributed by atoms with Gasteiger partial charge < -0.3 is 15.0 Å². The van der Waals surface area contributed by atoms with Crippen LogP contribution in [0.5, 0.6) is 5.75 Å². The van der Waals surface area contributed by atoms with Crippen molar-refractivity contribution in [2.24, 2.45) is 0 Å². The topological polar surface area (TPSA) is 61.9 Å². The van der Waals surface area contributed by atoms with Crippen LogP contribution in [-0.2, 0) is 16.1 Å². The number of carbonyl (C=O) groups is 2. The van der Waals surface area contributed by atoms with Crippen LogP contribution in [0.4, 0.5) is 5.69 Å². The van der Waals surface area contributed by atoms with E-state index < -0.39 is 0 Å². The van der Waals surface area contributed by atoms with Crippen LogP contribution < -0.4 is 10.1 Å². The summed E-state index contributed by atoms with van der Waals surface area (Å²) >= 11 is 0. The Hall–Kier alpha value is -2.86. The summed E-state index contributed by atoms with van der Waals surface area (Å²) in [4.78, 5) is 28.3. The Morgan fingerprint density at radius 1 is 1.11 bits per heavy atom. The lowest BCUT2D eigenvalue weighted by Crippen LogP contribution is -2.46. The number of anilines is 1. The number of aryl methyl sites for hydroxylation is 1. The summed E-state index contributed by atoms with van der Waals surface area (Å²) in [6.07, 6.45) is 0. The molecule has 0 aromatic heterocycles. The van der Waals surface area contributed by atoms with E-state index in [0.29, 0.717) is 6.54 Å². The van der Waals surface area contributed by atoms with Gasteiger partial charge >= 0.3 is 0 Å². The summed E-state index contributed by atoms with van der Waals surface area (Å²) in [5.41, 5.74) is 2.90. The number of hydrogen-bond acceptors (Lipinski definition) is 4. The normalized spacial score (nSPS) is 11.8. The van der Waals surface area contributed by atoms with Crippen molar-refractivity contribution in [1.82, 2.24) is 9.80 Å². The highest BCUT2D eigenvalue weighted by molar-refractivity contribution is 5.95. The molecule has 0 saturated carbocycles. The molecule has 0 spiro atoms. The maximum Gasteiger partial charge on any atom is 0.243 e. The lowest BCUT2D eigenvalue weighted by Gasteiger charge is -2.28. The molecule has 1 atom stereocenters. The summed E-state index contributed by atoms with van der Waals surface area (Å²) in [5, 5.41) is 2.82. The highest BCUT2D eigenvalue weighted by atomic mass is 16.5. The molecule has 0 radical (unpaired) electrons. The number of methoxy groups -OCH3 is 1. The summed E-state index contributed by atoms with van der Waals surface area (Å²) in [5.74, 6) is 0.460. The maximum atomic E-state index is 12.7.